The molecule has 1 fully saturated rings. The number of nitrogens with one attached hydrogen (secondary N) is 1. The van der Waals surface area contributed by atoms with Crippen LogP contribution < -0.4 is 11.1 Å². The first kappa shape index (κ1) is 15.4. The van der Waals surface area contributed by atoms with Crippen LogP contribution in [0.2, 0.25) is 0 Å². The Kier molecular flexibility index (Phi) is 4.09. The van der Waals surface area contributed by atoms with Crippen LogP contribution in [0.3, 0.4) is 0 Å². The molecule has 24 heavy (non-hydrogen) atoms. The minimum absolute atomic E-state index is 0.0218. The molecular weight excluding hydrogens is 292 g/mol. The van der Waals surface area contributed by atoms with Crippen LogP contribution in [0, 0.1) is 5.92 Å². The van der Waals surface area contributed by atoms with Gasteiger partial charge in [0.1, 0.15) is 0 Å². The normalized spacial score (nSPS) is 29.4. The van der Waals surface area contributed by atoms with Crippen molar-refractivity contribution in [3.05, 3.63) is 95.6 Å². The predicted octanol–water partition coefficient (Wildman–Crippen LogP) is 4.25. The summed E-state index contributed by atoms with van der Waals surface area (Å²) in [7, 11) is 0. The van der Waals surface area contributed by atoms with Gasteiger partial charge in [0.15, 0.2) is 0 Å². The molecule has 0 spiro atoms. The van der Waals surface area contributed by atoms with Crippen molar-refractivity contribution < 1.29 is 0 Å². The van der Waals surface area contributed by atoms with Gasteiger partial charge in [-0.05, 0) is 22.6 Å². The highest BCUT2D eigenvalue weighted by molar-refractivity contribution is 5.37. The largest absolute Gasteiger partial charge is 0.323 e. The van der Waals surface area contributed by atoms with Crippen LogP contribution in [0.15, 0.2) is 78.9 Å². The van der Waals surface area contributed by atoms with Gasteiger partial charge in [0.25, 0.3) is 0 Å². The highest BCUT2D eigenvalue weighted by Crippen LogP contribution is 2.38. The zero-order chi connectivity index (χ0) is 16.5. The van der Waals surface area contributed by atoms with E-state index in [0.29, 0.717) is 23.9 Å². The summed E-state index contributed by atoms with van der Waals surface area (Å²) < 4.78 is 0. The minimum atomic E-state index is 0.0218. The zero-order valence-electron chi connectivity index (χ0n) is 14.0. The van der Waals surface area contributed by atoms with Gasteiger partial charge in [-0.3, -0.25) is 0 Å². The third-order valence-corrected chi connectivity index (χ3v) is 5.26. The van der Waals surface area contributed by atoms with Gasteiger partial charge in [0.2, 0.25) is 0 Å². The van der Waals surface area contributed by atoms with Crippen LogP contribution in [-0.2, 0) is 0 Å². The summed E-state index contributed by atoms with van der Waals surface area (Å²) in [6.07, 6.45) is 8.84. The third-order valence-electron chi connectivity index (χ3n) is 5.26. The average Bonchev–Trinajstić information content (AvgIpc) is 3.43. The SMILES string of the molecule is CC1C=CC=CC1c1cccc(C(N)C2NC2c2ccccc2)c1. The fourth-order valence-electron chi connectivity index (χ4n) is 3.74. The Morgan fingerprint density at radius 3 is 2.46 bits per heavy atom. The summed E-state index contributed by atoms with van der Waals surface area (Å²) in [6, 6.07) is 20.1. The molecule has 0 aromatic heterocycles. The second-order valence-electron chi connectivity index (χ2n) is 6.93. The van der Waals surface area contributed by atoms with E-state index >= 15 is 0 Å². The fourth-order valence-corrected chi connectivity index (χ4v) is 3.74. The molecule has 0 saturated carbocycles. The molecular formula is C22H24N2. The van der Waals surface area contributed by atoms with Gasteiger partial charge in [-0.25, -0.2) is 0 Å². The first-order chi connectivity index (χ1) is 11.7. The molecule has 0 bridgehead atoms. The Balaban J connectivity index is 1.52. The van der Waals surface area contributed by atoms with Crippen LogP contribution in [0.4, 0.5) is 0 Å². The van der Waals surface area contributed by atoms with E-state index in [9.17, 15) is 0 Å². The zero-order valence-corrected chi connectivity index (χ0v) is 14.0. The Bertz CT molecular complexity index is 763. The van der Waals surface area contributed by atoms with E-state index in [4.69, 9.17) is 5.73 Å². The van der Waals surface area contributed by atoms with Gasteiger partial charge < -0.3 is 11.1 Å². The molecule has 2 aromatic carbocycles. The van der Waals surface area contributed by atoms with Crippen LogP contribution in [-0.4, -0.2) is 6.04 Å². The minimum Gasteiger partial charge on any atom is -0.323 e. The Morgan fingerprint density at radius 1 is 0.917 bits per heavy atom. The van der Waals surface area contributed by atoms with Gasteiger partial charge in [-0.1, -0.05) is 85.8 Å². The van der Waals surface area contributed by atoms with Crippen molar-refractivity contribution >= 4 is 0 Å². The maximum Gasteiger partial charge on any atom is 0.0498 e. The van der Waals surface area contributed by atoms with E-state index in [0.717, 1.165) is 0 Å². The molecule has 2 heteroatoms. The molecule has 1 aliphatic carbocycles. The Labute approximate surface area is 144 Å². The highest BCUT2D eigenvalue weighted by Gasteiger charge is 2.42. The fraction of sp³-hybridized carbons (Fsp3) is 0.273. The maximum atomic E-state index is 6.57. The maximum absolute atomic E-state index is 6.57. The lowest BCUT2D eigenvalue weighted by Gasteiger charge is -2.22. The van der Waals surface area contributed by atoms with Gasteiger partial charge in [-0.2, -0.15) is 0 Å². The van der Waals surface area contributed by atoms with Crippen LogP contribution >= 0.6 is 0 Å². The first-order valence-corrected chi connectivity index (χ1v) is 8.75. The molecule has 1 heterocycles. The van der Waals surface area contributed by atoms with Gasteiger partial charge in [0.05, 0.1) is 0 Å². The van der Waals surface area contributed by atoms with E-state index in [1.54, 1.807) is 0 Å². The van der Waals surface area contributed by atoms with Crippen molar-refractivity contribution in [1.29, 1.82) is 0 Å². The lowest BCUT2D eigenvalue weighted by atomic mass is 9.83. The van der Waals surface area contributed by atoms with E-state index < -0.39 is 0 Å². The molecule has 2 nitrogen and oxygen atoms in total. The van der Waals surface area contributed by atoms with E-state index in [-0.39, 0.29) is 6.04 Å². The Morgan fingerprint density at radius 2 is 1.67 bits per heavy atom. The molecule has 4 rings (SSSR count). The summed E-state index contributed by atoms with van der Waals surface area (Å²) in [5.74, 6) is 0.969. The van der Waals surface area contributed by atoms with Crippen molar-refractivity contribution in [2.24, 2.45) is 11.7 Å². The monoisotopic (exact) mass is 316 g/mol. The van der Waals surface area contributed by atoms with E-state index in [2.05, 4.69) is 91.1 Å². The molecule has 0 radical (unpaired) electrons. The van der Waals surface area contributed by atoms with E-state index in [1.165, 1.54) is 16.7 Å². The van der Waals surface area contributed by atoms with Crippen molar-refractivity contribution in [2.45, 2.75) is 31.0 Å². The van der Waals surface area contributed by atoms with Crippen molar-refractivity contribution in [3.63, 3.8) is 0 Å². The highest BCUT2D eigenvalue weighted by atomic mass is 15.2. The molecule has 5 atom stereocenters. The molecule has 2 aromatic rings. The molecule has 122 valence electrons. The van der Waals surface area contributed by atoms with Crippen molar-refractivity contribution in [2.75, 3.05) is 0 Å². The number of hydrogen-bond acceptors (Lipinski definition) is 2. The summed E-state index contributed by atoms with van der Waals surface area (Å²) in [5, 5.41) is 3.54. The predicted molar refractivity (Wildman–Crippen MR) is 99.7 cm³/mol. The van der Waals surface area contributed by atoms with Crippen molar-refractivity contribution in [1.82, 2.24) is 5.32 Å². The van der Waals surface area contributed by atoms with Crippen molar-refractivity contribution in [3.8, 4) is 0 Å². The standard InChI is InChI=1S/C22H24N2/c1-15-8-5-6-13-19(15)17-11-7-12-18(14-17)20(23)22-21(24-22)16-9-3-2-4-10-16/h2-15,19-22,24H,23H2,1H3. The van der Waals surface area contributed by atoms with Crippen LogP contribution in [0.1, 0.15) is 41.6 Å². The molecule has 2 aliphatic rings. The molecule has 1 saturated heterocycles. The number of nitrogens with two attached hydrogens (primary N) is 1. The average molecular weight is 316 g/mol. The smallest absolute Gasteiger partial charge is 0.0498 e. The van der Waals surface area contributed by atoms with Gasteiger partial charge in [0, 0.05) is 24.0 Å². The molecule has 1 aliphatic heterocycles. The lowest BCUT2D eigenvalue weighted by molar-refractivity contribution is 0.630. The van der Waals surface area contributed by atoms with Crippen LogP contribution in [0.25, 0.3) is 0 Å². The molecule has 5 unspecified atom stereocenters. The third kappa shape index (κ3) is 2.95. The second-order valence-corrected chi connectivity index (χ2v) is 6.93. The summed E-state index contributed by atoms with van der Waals surface area (Å²) >= 11 is 0. The van der Waals surface area contributed by atoms with Gasteiger partial charge in [-0.15, -0.1) is 0 Å². The second kappa shape index (κ2) is 6.39. The van der Waals surface area contributed by atoms with Crippen LogP contribution in [0.5, 0.6) is 0 Å². The summed E-state index contributed by atoms with van der Waals surface area (Å²) in [4.78, 5) is 0. The lowest BCUT2D eigenvalue weighted by Crippen LogP contribution is -2.19. The quantitative estimate of drug-likeness (QED) is 0.829. The number of allylic oxidation sites excluding steroid dienone is 4. The Hall–Kier alpha value is -2.16. The topological polar surface area (TPSA) is 48.0 Å². The first-order valence-electron chi connectivity index (χ1n) is 8.75. The van der Waals surface area contributed by atoms with Gasteiger partial charge >= 0.3 is 0 Å². The summed E-state index contributed by atoms with van der Waals surface area (Å²) in [5.41, 5.74) is 10.5. The molecule has 0 amide bonds. The number of hydrogen-bond donors (Lipinski definition) is 2. The molecule has 3 N–H and O–H groups in total. The number of benzene rings is 2. The van der Waals surface area contributed by atoms with E-state index in [1.807, 2.05) is 0 Å². The summed E-state index contributed by atoms with van der Waals surface area (Å²) in [6.45, 7) is 2.27. The number of rotatable bonds is 4.